The van der Waals surface area contributed by atoms with Crippen LogP contribution in [0.1, 0.15) is 5.56 Å². The first-order chi connectivity index (χ1) is 12.5. The molecule has 1 fully saturated rings. The van der Waals surface area contributed by atoms with Gasteiger partial charge in [-0.2, -0.15) is 0 Å². The molecule has 2 aromatic carbocycles. The molecule has 0 radical (unpaired) electrons. The number of ether oxygens (including phenoxy) is 2. The highest BCUT2D eigenvalue weighted by Gasteiger charge is 2.28. The zero-order valence-electron chi connectivity index (χ0n) is 14.0. The molecule has 3 rings (SSSR count). The van der Waals surface area contributed by atoms with Crippen molar-refractivity contribution in [1.82, 2.24) is 4.90 Å². The van der Waals surface area contributed by atoms with Crippen molar-refractivity contribution < 1.29 is 14.3 Å². The van der Waals surface area contributed by atoms with Gasteiger partial charge in [0.1, 0.15) is 29.0 Å². The molecule has 0 saturated carbocycles. The van der Waals surface area contributed by atoms with E-state index in [1.54, 1.807) is 7.05 Å². The number of rotatable bonds is 6. The van der Waals surface area contributed by atoms with Crippen LogP contribution in [0.2, 0.25) is 0 Å². The molecule has 7 heteroatoms. The summed E-state index contributed by atoms with van der Waals surface area (Å²) in [6.45, 7) is 0.822. The molecule has 0 aromatic heterocycles. The fourth-order valence-corrected chi connectivity index (χ4v) is 3.69. The molecule has 1 amide bonds. The summed E-state index contributed by atoms with van der Waals surface area (Å²) >= 11 is 9.85. The summed E-state index contributed by atoms with van der Waals surface area (Å²) in [6, 6.07) is 15.2. The molecule has 0 aliphatic carbocycles. The number of likely N-dealkylation sites (N-methyl/N-ethyl adjacent to an activating group) is 1. The van der Waals surface area contributed by atoms with E-state index in [1.165, 1.54) is 16.7 Å². The van der Waals surface area contributed by atoms with E-state index in [-0.39, 0.29) is 5.91 Å². The maximum absolute atomic E-state index is 12.2. The molecule has 0 spiro atoms. The predicted molar refractivity (Wildman–Crippen MR) is 113 cm³/mol. The van der Waals surface area contributed by atoms with Crippen LogP contribution in [-0.2, 0) is 4.79 Å². The highest BCUT2D eigenvalue weighted by Crippen LogP contribution is 2.33. The number of hydrogen-bond acceptors (Lipinski definition) is 5. The molecule has 0 atom stereocenters. The Morgan fingerprint density at radius 3 is 2.50 bits per heavy atom. The zero-order valence-corrected chi connectivity index (χ0v) is 17.2. The number of amides is 1. The minimum absolute atomic E-state index is 0.0895. The van der Waals surface area contributed by atoms with Crippen LogP contribution in [0.4, 0.5) is 0 Å². The molecular formula is C19H16BrNO3S2. The summed E-state index contributed by atoms with van der Waals surface area (Å²) in [5.41, 5.74) is 0.838. The Morgan fingerprint density at radius 2 is 1.81 bits per heavy atom. The van der Waals surface area contributed by atoms with E-state index < -0.39 is 0 Å². The molecule has 0 N–H and O–H groups in total. The lowest BCUT2D eigenvalue weighted by atomic mass is 10.2. The van der Waals surface area contributed by atoms with Crippen LogP contribution in [0.15, 0.2) is 57.9 Å². The van der Waals surface area contributed by atoms with Gasteiger partial charge in [0.05, 0.1) is 4.91 Å². The third-order valence-electron chi connectivity index (χ3n) is 3.62. The van der Waals surface area contributed by atoms with Crippen LogP contribution in [0.5, 0.6) is 11.5 Å². The maximum Gasteiger partial charge on any atom is 0.265 e. The first-order valence-electron chi connectivity index (χ1n) is 7.86. The normalized spacial score (nSPS) is 15.6. The van der Waals surface area contributed by atoms with Crippen LogP contribution in [0.3, 0.4) is 0 Å². The smallest absolute Gasteiger partial charge is 0.265 e. The van der Waals surface area contributed by atoms with Crippen molar-refractivity contribution in [2.24, 2.45) is 0 Å². The van der Waals surface area contributed by atoms with E-state index in [0.717, 1.165) is 15.8 Å². The van der Waals surface area contributed by atoms with Crippen LogP contribution < -0.4 is 9.47 Å². The van der Waals surface area contributed by atoms with Crippen molar-refractivity contribution >= 4 is 56.2 Å². The quantitative estimate of drug-likeness (QED) is 0.361. The summed E-state index contributed by atoms with van der Waals surface area (Å²) in [6.07, 6.45) is 1.81. The van der Waals surface area contributed by atoms with Gasteiger partial charge in [0, 0.05) is 17.1 Å². The van der Waals surface area contributed by atoms with Gasteiger partial charge < -0.3 is 9.47 Å². The molecule has 0 bridgehead atoms. The highest BCUT2D eigenvalue weighted by atomic mass is 79.9. The van der Waals surface area contributed by atoms with Gasteiger partial charge >= 0.3 is 0 Å². The molecule has 26 heavy (non-hydrogen) atoms. The second-order valence-corrected chi connectivity index (χ2v) is 8.02. The van der Waals surface area contributed by atoms with Crippen molar-refractivity contribution in [3.8, 4) is 11.5 Å². The van der Waals surface area contributed by atoms with Crippen molar-refractivity contribution in [3.63, 3.8) is 0 Å². The van der Waals surface area contributed by atoms with E-state index in [1.807, 2.05) is 54.6 Å². The number of carbonyl (C=O) groups excluding carboxylic acids is 1. The Labute approximate surface area is 170 Å². The number of hydrogen-bond donors (Lipinski definition) is 0. The molecular weight excluding hydrogens is 434 g/mol. The van der Waals surface area contributed by atoms with E-state index in [2.05, 4.69) is 15.9 Å². The second-order valence-electron chi connectivity index (χ2n) is 5.43. The number of carbonyl (C=O) groups is 1. The molecule has 1 aliphatic rings. The van der Waals surface area contributed by atoms with Crippen LogP contribution >= 0.6 is 39.9 Å². The fourth-order valence-electron chi connectivity index (χ4n) is 2.26. The van der Waals surface area contributed by atoms with Crippen LogP contribution in [-0.4, -0.2) is 35.4 Å². The lowest BCUT2D eigenvalue weighted by molar-refractivity contribution is -0.121. The van der Waals surface area contributed by atoms with Gasteiger partial charge in [-0.25, -0.2) is 0 Å². The van der Waals surface area contributed by atoms with Gasteiger partial charge in [-0.3, -0.25) is 9.69 Å². The second kappa shape index (κ2) is 8.70. The number of para-hydroxylation sites is 1. The van der Waals surface area contributed by atoms with Crippen molar-refractivity contribution in [2.45, 2.75) is 0 Å². The maximum atomic E-state index is 12.2. The summed E-state index contributed by atoms with van der Waals surface area (Å²) in [7, 11) is 1.68. The van der Waals surface area contributed by atoms with Gasteiger partial charge in [-0.05, 0) is 36.4 Å². The monoisotopic (exact) mass is 449 g/mol. The van der Waals surface area contributed by atoms with Crippen molar-refractivity contribution in [1.29, 1.82) is 0 Å². The third kappa shape index (κ3) is 4.66. The average Bonchev–Trinajstić information content (AvgIpc) is 2.88. The molecule has 2 aromatic rings. The van der Waals surface area contributed by atoms with E-state index >= 15 is 0 Å². The fraction of sp³-hybridized carbons (Fsp3) is 0.158. The predicted octanol–water partition coefficient (Wildman–Crippen LogP) is 4.74. The van der Waals surface area contributed by atoms with Gasteiger partial charge in [0.2, 0.25) is 0 Å². The summed E-state index contributed by atoms with van der Waals surface area (Å²) in [4.78, 5) is 14.2. The first kappa shape index (κ1) is 18.9. The Balaban J connectivity index is 1.62. The molecule has 1 aliphatic heterocycles. The minimum Gasteiger partial charge on any atom is -0.490 e. The Bertz CT molecular complexity index is 852. The Hall–Kier alpha value is -1.83. The van der Waals surface area contributed by atoms with Crippen LogP contribution in [0, 0.1) is 0 Å². The van der Waals surface area contributed by atoms with E-state index in [9.17, 15) is 4.79 Å². The number of halogens is 1. The van der Waals surface area contributed by atoms with Crippen molar-refractivity contribution in [2.75, 3.05) is 20.3 Å². The molecule has 1 saturated heterocycles. The van der Waals surface area contributed by atoms with Crippen molar-refractivity contribution in [3.05, 3.63) is 63.5 Å². The summed E-state index contributed by atoms with van der Waals surface area (Å²) in [5.74, 6) is 1.40. The third-order valence-corrected chi connectivity index (χ3v) is 5.63. The van der Waals surface area contributed by atoms with Gasteiger partial charge in [0.25, 0.3) is 5.91 Å². The first-order valence-corrected chi connectivity index (χ1v) is 9.88. The standard InChI is InChI=1S/C19H16BrNO3S2/c1-21-18(22)17(26-19(21)25)12-13-4-2-3-5-16(13)24-11-10-23-15-8-6-14(20)7-9-15/h2-9,12H,10-11H2,1H3/b17-12+. The Kier molecular flexibility index (Phi) is 6.34. The average molecular weight is 450 g/mol. The summed E-state index contributed by atoms with van der Waals surface area (Å²) in [5, 5.41) is 0. The van der Waals surface area contributed by atoms with E-state index in [4.69, 9.17) is 21.7 Å². The minimum atomic E-state index is -0.0895. The summed E-state index contributed by atoms with van der Waals surface area (Å²) < 4.78 is 13.1. The molecule has 0 unspecified atom stereocenters. The number of thiocarbonyl (C=S) groups is 1. The number of nitrogens with zero attached hydrogens (tertiary/aromatic N) is 1. The lowest BCUT2D eigenvalue weighted by Gasteiger charge is -2.11. The number of benzene rings is 2. The zero-order chi connectivity index (χ0) is 18.5. The Morgan fingerprint density at radius 1 is 1.12 bits per heavy atom. The number of thioether (sulfide) groups is 1. The molecule has 134 valence electrons. The van der Waals surface area contributed by atoms with Gasteiger partial charge in [0.15, 0.2) is 0 Å². The van der Waals surface area contributed by atoms with Gasteiger partial charge in [-0.15, -0.1) is 0 Å². The highest BCUT2D eigenvalue weighted by molar-refractivity contribution is 9.10. The van der Waals surface area contributed by atoms with Crippen LogP contribution in [0.25, 0.3) is 6.08 Å². The van der Waals surface area contributed by atoms with Gasteiger partial charge in [-0.1, -0.05) is 58.1 Å². The molecule has 1 heterocycles. The topological polar surface area (TPSA) is 38.8 Å². The largest absolute Gasteiger partial charge is 0.490 e. The lowest BCUT2D eigenvalue weighted by Crippen LogP contribution is -2.22. The van der Waals surface area contributed by atoms with E-state index in [0.29, 0.717) is 28.2 Å². The SMILES string of the molecule is CN1C(=O)/C(=C\c2ccccc2OCCOc2ccc(Br)cc2)SC1=S. The molecule has 4 nitrogen and oxygen atoms in total.